The van der Waals surface area contributed by atoms with Crippen LogP contribution in [0.15, 0.2) is 24.3 Å². The van der Waals surface area contributed by atoms with Gasteiger partial charge >= 0.3 is 6.36 Å². The second-order valence-electron chi connectivity index (χ2n) is 7.12. The van der Waals surface area contributed by atoms with Gasteiger partial charge in [0.2, 0.25) is 0 Å². The standard InChI is InChI=1S/C20H24F4O3/c1-2-3-13-4-7-15(8-5-13)25-12-16-9-6-14-10-17(27-20(22,23)24)11-18(21)19(14)26-16/h2-3,10-11,13,15-16H,4-9,12H2,1H3. The number of rotatable bonds is 5. The minimum absolute atomic E-state index is 0.00108. The molecule has 3 rings (SSSR count). The molecule has 0 amide bonds. The summed E-state index contributed by atoms with van der Waals surface area (Å²) in [6, 6.07) is 1.89. The van der Waals surface area contributed by atoms with E-state index in [1.165, 1.54) is 6.07 Å². The third-order valence-electron chi connectivity index (χ3n) is 5.05. The number of ether oxygens (including phenoxy) is 3. The summed E-state index contributed by atoms with van der Waals surface area (Å²) in [5.41, 5.74) is 0.386. The third kappa shape index (κ3) is 5.61. The first-order valence-electron chi connectivity index (χ1n) is 9.33. The molecule has 0 N–H and O–H groups in total. The van der Waals surface area contributed by atoms with Crippen LogP contribution in [0.1, 0.15) is 44.6 Å². The third-order valence-corrected chi connectivity index (χ3v) is 5.05. The fourth-order valence-corrected chi connectivity index (χ4v) is 3.76. The molecule has 0 spiro atoms. The van der Waals surface area contributed by atoms with E-state index in [0.29, 0.717) is 37.0 Å². The van der Waals surface area contributed by atoms with E-state index >= 15 is 0 Å². The molecule has 3 nitrogen and oxygen atoms in total. The zero-order chi connectivity index (χ0) is 19.4. The van der Waals surface area contributed by atoms with E-state index in [9.17, 15) is 17.6 Å². The molecule has 0 bridgehead atoms. The molecule has 1 aromatic carbocycles. The Labute approximate surface area is 156 Å². The number of alkyl halides is 3. The highest BCUT2D eigenvalue weighted by Crippen LogP contribution is 2.36. The smallest absolute Gasteiger partial charge is 0.485 e. The summed E-state index contributed by atoms with van der Waals surface area (Å²) in [6.07, 6.45) is 4.52. The average Bonchev–Trinajstić information content (AvgIpc) is 2.60. The van der Waals surface area contributed by atoms with Gasteiger partial charge in [-0.05, 0) is 57.4 Å². The van der Waals surface area contributed by atoms with Gasteiger partial charge < -0.3 is 14.2 Å². The Morgan fingerprint density at radius 3 is 2.56 bits per heavy atom. The summed E-state index contributed by atoms with van der Waals surface area (Å²) >= 11 is 0. The van der Waals surface area contributed by atoms with Crippen molar-refractivity contribution in [2.24, 2.45) is 5.92 Å². The van der Waals surface area contributed by atoms with Crippen LogP contribution >= 0.6 is 0 Å². The van der Waals surface area contributed by atoms with Crippen LogP contribution in [-0.2, 0) is 11.2 Å². The fraction of sp³-hybridized carbons (Fsp3) is 0.600. The quantitative estimate of drug-likeness (QED) is 0.488. The van der Waals surface area contributed by atoms with Crippen LogP contribution in [0.25, 0.3) is 0 Å². The molecule has 1 heterocycles. The number of fused-ring (bicyclic) bond motifs is 1. The first-order chi connectivity index (χ1) is 12.8. The summed E-state index contributed by atoms with van der Waals surface area (Å²) in [5, 5.41) is 0. The Hall–Kier alpha value is -1.76. The molecule has 27 heavy (non-hydrogen) atoms. The number of allylic oxidation sites excluding steroid dienone is 2. The van der Waals surface area contributed by atoms with Crippen LogP contribution in [0.3, 0.4) is 0 Å². The molecular formula is C20H24F4O3. The molecule has 1 aliphatic carbocycles. The number of halogens is 4. The van der Waals surface area contributed by atoms with Crippen molar-refractivity contribution >= 4 is 0 Å². The number of aryl methyl sites for hydroxylation is 1. The second kappa shape index (κ2) is 8.50. The van der Waals surface area contributed by atoms with Crippen molar-refractivity contribution in [1.29, 1.82) is 0 Å². The van der Waals surface area contributed by atoms with Gasteiger partial charge in [0.25, 0.3) is 0 Å². The molecule has 1 saturated carbocycles. The van der Waals surface area contributed by atoms with Crippen molar-refractivity contribution in [2.45, 2.75) is 64.0 Å². The summed E-state index contributed by atoms with van der Waals surface area (Å²) in [7, 11) is 0. The highest BCUT2D eigenvalue weighted by molar-refractivity contribution is 5.43. The maximum absolute atomic E-state index is 14.2. The van der Waals surface area contributed by atoms with Gasteiger partial charge in [-0.15, -0.1) is 13.2 Å². The molecule has 1 aliphatic heterocycles. The van der Waals surface area contributed by atoms with E-state index in [-0.39, 0.29) is 18.0 Å². The lowest BCUT2D eigenvalue weighted by Gasteiger charge is -2.31. The van der Waals surface area contributed by atoms with Crippen molar-refractivity contribution in [3.8, 4) is 11.5 Å². The van der Waals surface area contributed by atoms with Crippen molar-refractivity contribution in [3.63, 3.8) is 0 Å². The van der Waals surface area contributed by atoms with Crippen LogP contribution in [0, 0.1) is 11.7 Å². The summed E-state index contributed by atoms with van der Waals surface area (Å²) < 4.78 is 66.5. The first-order valence-corrected chi connectivity index (χ1v) is 9.33. The van der Waals surface area contributed by atoms with Gasteiger partial charge in [-0.25, -0.2) is 4.39 Å². The van der Waals surface area contributed by atoms with Crippen LogP contribution in [0.2, 0.25) is 0 Å². The molecule has 1 fully saturated rings. The van der Waals surface area contributed by atoms with Crippen molar-refractivity contribution in [3.05, 3.63) is 35.7 Å². The molecule has 0 aromatic heterocycles. The maximum Gasteiger partial charge on any atom is 0.573 e. The van der Waals surface area contributed by atoms with E-state index in [4.69, 9.17) is 9.47 Å². The summed E-state index contributed by atoms with van der Waals surface area (Å²) in [6.45, 7) is 2.39. The number of benzene rings is 1. The Morgan fingerprint density at radius 2 is 1.89 bits per heavy atom. The van der Waals surface area contributed by atoms with Gasteiger partial charge in [-0.3, -0.25) is 0 Å². The maximum atomic E-state index is 14.2. The minimum Gasteiger partial charge on any atom is -0.485 e. The van der Waals surface area contributed by atoms with Gasteiger partial charge in [0.1, 0.15) is 11.9 Å². The SMILES string of the molecule is CC=CC1CCC(OCC2CCc3cc(OC(F)(F)F)cc(F)c3O2)CC1. The van der Waals surface area contributed by atoms with Crippen molar-refractivity contribution in [2.75, 3.05) is 6.61 Å². The topological polar surface area (TPSA) is 27.7 Å². The van der Waals surface area contributed by atoms with E-state index in [1.54, 1.807) is 0 Å². The normalized spacial score (nSPS) is 25.9. The molecule has 0 radical (unpaired) electrons. The lowest BCUT2D eigenvalue weighted by Crippen LogP contribution is -2.32. The van der Waals surface area contributed by atoms with Gasteiger partial charge in [-0.2, -0.15) is 0 Å². The van der Waals surface area contributed by atoms with E-state index in [2.05, 4.69) is 16.9 Å². The molecule has 2 aliphatic rings. The number of hydrogen-bond acceptors (Lipinski definition) is 3. The van der Waals surface area contributed by atoms with Crippen LogP contribution in [0.4, 0.5) is 17.6 Å². The largest absolute Gasteiger partial charge is 0.573 e. The van der Waals surface area contributed by atoms with Gasteiger partial charge in [0, 0.05) is 11.6 Å². The molecular weight excluding hydrogens is 364 g/mol. The highest BCUT2D eigenvalue weighted by Gasteiger charge is 2.33. The molecule has 7 heteroatoms. The first kappa shape index (κ1) is 20.0. The lowest BCUT2D eigenvalue weighted by atomic mass is 9.87. The second-order valence-corrected chi connectivity index (χ2v) is 7.12. The Kier molecular flexibility index (Phi) is 6.29. The van der Waals surface area contributed by atoms with Gasteiger partial charge in [0.15, 0.2) is 11.6 Å². The van der Waals surface area contributed by atoms with Crippen molar-refractivity contribution in [1.82, 2.24) is 0 Å². The average molecular weight is 388 g/mol. The number of hydrogen-bond donors (Lipinski definition) is 0. The van der Waals surface area contributed by atoms with Gasteiger partial charge in [-0.1, -0.05) is 12.2 Å². The monoisotopic (exact) mass is 388 g/mol. The predicted molar refractivity (Wildman–Crippen MR) is 92.3 cm³/mol. The zero-order valence-electron chi connectivity index (χ0n) is 15.2. The van der Waals surface area contributed by atoms with Crippen molar-refractivity contribution < 1.29 is 31.8 Å². The van der Waals surface area contributed by atoms with Crippen LogP contribution < -0.4 is 9.47 Å². The Morgan fingerprint density at radius 1 is 1.15 bits per heavy atom. The zero-order valence-corrected chi connectivity index (χ0v) is 15.2. The highest BCUT2D eigenvalue weighted by atomic mass is 19.4. The molecule has 1 aromatic rings. The fourth-order valence-electron chi connectivity index (χ4n) is 3.76. The molecule has 1 atom stereocenters. The minimum atomic E-state index is -4.85. The Bertz CT molecular complexity index is 664. The van der Waals surface area contributed by atoms with Gasteiger partial charge in [0.05, 0.1) is 12.7 Å². The predicted octanol–water partition coefficient (Wildman–Crippen LogP) is 5.57. The van der Waals surface area contributed by atoms with E-state index in [1.807, 2.05) is 6.92 Å². The molecule has 0 saturated heterocycles. The summed E-state index contributed by atoms with van der Waals surface area (Å²) in [4.78, 5) is 0. The lowest BCUT2D eigenvalue weighted by molar-refractivity contribution is -0.274. The summed E-state index contributed by atoms with van der Waals surface area (Å²) in [5.74, 6) is -0.783. The van der Waals surface area contributed by atoms with Crippen LogP contribution in [-0.4, -0.2) is 25.2 Å². The Balaban J connectivity index is 1.53. The van der Waals surface area contributed by atoms with E-state index < -0.39 is 17.9 Å². The van der Waals surface area contributed by atoms with E-state index in [0.717, 1.165) is 25.7 Å². The molecule has 1 unspecified atom stereocenters. The molecule has 150 valence electrons. The van der Waals surface area contributed by atoms with Crippen LogP contribution in [0.5, 0.6) is 11.5 Å².